The van der Waals surface area contributed by atoms with E-state index >= 15 is 0 Å². The molecular weight excluding hydrogens is 334 g/mol. The highest BCUT2D eigenvalue weighted by atomic mass is 35.5. The van der Waals surface area contributed by atoms with Gasteiger partial charge in [-0.3, -0.25) is 14.9 Å². The number of piperidine rings is 1. The third-order valence-electron chi connectivity index (χ3n) is 4.15. The number of nitro benzene ring substituents is 1. The quantitative estimate of drug-likeness (QED) is 0.600. The Bertz CT molecular complexity index is 589. The summed E-state index contributed by atoms with van der Waals surface area (Å²) in [4.78, 5) is 24.5. The molecule has 1 aliphatic rings. The molecule has 0 spiro atoms. The second kappa shape index (κ2) is 8.84. The number of hydrogen-bond acceptors (Lipinski definition) is 5. The number of nitrogens with one attached hydrogen (secondary N) is 1. The summed E-state index contributed by atoms with van der Waals surface area (Å²) in [6.07, 6.45) is 2.20. The van der Waals surface area contributed by atoms with E-state index in [-0.39, 0.29) is 35.4 Å². The van der Waals surface area contributed by atoms with E-state index in [4.69, 9.17) is 16.3 Å². The van der Waals surface area contributed by atoms with Crippen LogP contribution in [0, 0.1) is 16.0 Å². The summed E-state index contributed by atoms with van der Waals surface area (Å²) in [5.41, 5.74) is -0.192. The Labute approximate surface area is 146 Å². The van der Waals surface area contributed by atoms with Gasteiger partial charge in [0.15, 0.2) is 5.75 Å². The van der Waals surface area contributed by atoms with Gasteiger partial charge in [0.05, 0.1) is 18.0 Å². The Morgan fingerprint density at radius 2 is 2.17 bits per heavy atom. The third kappa shape index (κ3) is 5.07. The summed E-state index contributed by atoms with van der Waals surface area (Å²) in [5, 5.41) is 14.4. The van der Waals surface area contributed by atoms with Crippen LogP contribution in [0.1, 0.15) is 19.3 Å². The van der Waals surface area contributed by atoms with Crippen LogP contribution < -0.4 is 10.1 Å². The molecule has 132 valence electrons. The van der Waals surface area contributed by atoms with Gasteiger partial charge < -0.3 is 15.0 Å². The smallest absolute Gasteiger partial charge is 0.312 e. The Morgan fingerprint density at radius 3 is 2.79 bits per heavy atom. The van der Waals surface area contributed by atoms with Crippen molar-refractivity contribution in [3.05, 3.63) is 33.3 Å². The van der Waals surface area contributed by atoms with Gasteiger partial charge in [0, 0.05) is 24.2 Å². The zero-order chi connectivity index (χ0) is 17.5. The lowest BCUT2D eigenvalue weighted by atomic mass is 9.97. The van der Waals surface area contributed by atoms with E-state index in [9.17, 15) is 14.9 Å². The summed E-state index contributed by atoms with van der Waals surface area (Å²) < 4.78 is 5.42. The maximum Gasteiger partial charge on any atom is 0.312 e. The number of halogens is 1. The number of ether oxygens (including phenoxy) is 1. The number of benzene rings is 1. The predicted molar refractivity (Wildman–Crippen MR) is 91.4 cm³/mol. The number of amides is 1. The van der Waals surface area contributed by atoms with Crippen LogP contribution in [0.25, 0.3) is 0 Å². The maximum atomic E-state index is 12.2. The fourth-order valence-electron chi connectivity index (χ4n) is 2.84. The lowest BCUT2D eigenvalue weighted by molar-refractivity contribution is -0.385. The molecule has 1 aliphatic heterocycles. The molecule has 1 aromatic carbocycles. The standard InChI is InChI=1S/C16H22ClN3O4/c1-18-11-12-4-7-19(8-5-12)16(21)6-9-24-15-3-2-13(17)10-14(15)20(22)23/h2-3,10,12,18H,4-9,11H2,1H3. The second-order valence-corrected chi connectivity index (χ2v) is 6.29. The molecule has 0 radical (unpaired) electrons. The van der Waals surface area contributed by atoms with Crippen molar-refractivity contribution in [1.29, 1.82) is 0 Å². The van der Waals surface area contributed by atoms with Crippen LogP contribution in [0.4, 0.5) is 5.69 Å². The Balaban J connectivity index is 1.80. The molecule has 0 aromatic heterocycles. The largest absolute Gasteiger partial charge is 0.486 e. The molecule has 1 saturated heterocycles. The number of carbonyl (C=O) groups excluding carboxylic acids is 1. The van der Waals surface area contributed by atoms with Gasteiger partial charge in [-0.05, 0) is 44.5 Å². The first-order valence-corrected chi connectivity index (χ1v) is 8.38. The first-order valence-electron chi connectivity index (χ1n) is 8.00. The maximum absolute atomic E-state index is 12.2. The lowest BCUT2D eigenvalue weighted by Gasteiger charge is -2.32. The highest BCUT2D eigenvalue weighted by molar-refractivity contribution is 6.30. The SMILES string of the molecule is CNCC1CCN(C(=O)CCOc2ccc(Cl)cc2[N+](=O)[O-])CC1. The zero-order valence-corrected chi connectivity index (χ0v) is 14.4. The van der Waals surface area contributed by atoms with E-state index in [2.05, 4.69) is 5.32 Å². The monoisotopic (exact) mass is 355 g/mol. The van der Waals surface area contributed by atoms with Gasteiger partial charge in [0.25, 0.3) is 0 Å². The number of rotatable bonds is 7. The summed E-state index contributed by atoms with van der Waals surface area (Å²) in [7, 11) is 1.94. The average molecular weight is 356 g/mol. The molecule has 8 heteroatoms. The summed E-state index contributed by atoms with van der Waals surface area (Å²) in [5.74, 6) is 0.770. The van der Waals surface area contributed by atoms with Crippen molar-refractivity contribution < 1.29 is 14.5 Å². The first kappa shape index (κ1) is 18.5. The molecule has 1 aromatic rings. The molecule has 2 rings (SSSR count). The van der Waals surface area contributed by atoms with Crippen LogP contribution in [0.15, 0.2) is 18.2 Å². The fourth-order valence-corrected chi connectivity index (χ4v) is 3.00. The van der Waals surface area contributed by atoms with Crippen molar-refractivity contribution in [3.63, 3.8) is 0 Å². The van der Waals surface area contributed by atoms with Crippen LogP contribution in [0.5, 0.6) is 5.75 Å². The number of hydrogen-bond donors (Lipinski definition) is 1. The number of carbonyl (C=O) groups is 1. The summed E-state index contributed by atoms with van der Waals surface area (Å²) >= 11 is 5.76. The van der Waals surface area contributed by atoms with Crippen molar-refractivity contribution >= 4 is 23.2 Å². The van der Waals surface area contributed by atoms with Crippen molar-refractivity contribution in [2.45, 2.75) is 19.3 Å². The molecule has 1 heterocycles. The van der Waals surface area contributed by atoms with E-state index < -0.39 is 4.92 Å². The molecular formula is C16H22ClN3O4. The van der Waals surface area contributed by atoms with Crippen molar-refractivity contribution in [2.24, 2.45) is 5.92 Å². The van der Waals surface area contributed by atoms with Gasteiger partial charge in [-0.2, -0.15) is 0 Å². The van der Waals surface area contributed by atoms with Crippen LogP contribution in [0.2, 0.25) is 5.02 Å². The second-order valence-electron chi connectivity index (χ2n) is 5.85. The number of nitrogens with zero attached hydrogens (tertiary/aromatic N) is 2. The zero-order valence-electron chi connectivity index (χ0n) is 13.7. The van der Waals surface area contributed by atoms with Gasteiger partial charge in [-0.1, -0.05) is 11.6 Å². The molecule has 0 atom stereocenters. The topological polar surface area (TPSA) is 84.7 Å². The molecule has 0 bridgehead atoms. The number of nitro groups is 1. The minimum absolute atomic E-state index is 0.0227. The molecule has 7 nitrogen and oxygen atoms in total. The van der Waals surface area contributed by atoms with E-state index in [1.165, 1.54) is 18.2 Å². The van der Waals surface area contributed by atoms with Gasteiger partial charge in [-0.25, -0.2) is 0 Å². The van der Waals surface area contributed by atoms with Crippen molar-refractivity contribution in [2.75, 3.05) is 33.3 Å². The molecule has 1 amide bonds. The van der Waals surface area contributed by atoms with Gasteiger partial charge in [-0.15, -0.1) is 0 Å². The molecule has 0 aliphatic carbocycles. The molecule has 0 unspecified atom stereocenters. The highest BCUT2D eigenvalue weighted by Gasteiger charge is 2.22. The predicted octanol–water partition coefficient (Wildman–Crippen LogP) is 2.48. The van der Waals surface area contributed by atoms with Crippen LogP contribution in [-0.2, 0) is 4.79 Å². The average Bonchev–Trinajstić information content (AvgIpc) is 2.57. The Kier molecular flexibility index (Phi) is 6.81. The van der Waals surface area contributed by atoms with Gasteiger partial charge >= 0.3 is 5.69 Å². The van der Waals surface area contributed by atoms with Crippen molar-refractivity contribution in [3.8, 4) is 5.75 Å². The van der Waals surface area contributed by atoms with Gasteiger partial charge in [0.1, 0.15) is 0 Å². The minimum atomic E-state index is -0.546. The first-order chi connectivity index (χ1) is 11.5. The summed E-state index contributed by atoms with van der Waals surface area (Å²) in [6.45, 7) is 2.60. The fraction of sp³-hybridized carbons (Fsp3) is 0.562. The Hall–Kier alpha value is -1.86. The normalized spacial score (nSPS) is 15.3. The molecule has 1 N–H and O–H groups in total. The van der Waals surface area contributed by atoms with Crippen LogP contribution in [0.3, 0.4) is 0 Å². The van der Waals surface area contributed by atoms with E-state index in [1.54, 1.807) is 0 Å². The van der Waals surface area contributed by atoms with Gasteiger partial charge in [0.2, 0.25) is 5.91 Å². The van der Waals surface area contributed by atoms with Crippen molar-refractivity contribution in [1.82, 2.24) is 10.2 Å². The van der Waals surface area contributed by atoms with E-state index in [0.29, 0.717) is 5.92 Å². The lowest BCUT2D eigenvalue weighted by Crippen LogP contribution is -2.40. The highest BCUT2D eigenvalue weighted by Crippen LogP contribution is 2.30. The molecule has 0 saturated carbocycles. The van der Waals surface area contributed by atoms with E-state index in [1.807, 2.05) is 11.9 Å². The number of likely N-dealkylation sites (tertiary alicyclic amines) is 1. The van der Waals surface area contributed by atoms with E-state index in [0.717, 1.165) is 32.5 Å². The van der Waals surface area contributed by atoms with Crippen LogP contribution >= 0.6 is 11.6 Å². The third-order valence-corrected chi connectivity index (χ3v) is 4.39. The minimum Gasteiger partial charge on any atom is -0.486 e. The van der Waals surface area contributed by atoms with Crippen LogP contribution in [-0.4, -0.2) is 49.0 Å². The molecule has 24 heavy (non-hydrogen) atoms. The Morgan fingerprint density at radius 1 is 1.46 bits per heavy atom. The molecule has 1 fully saturated rings. The summed E-state index contributed by atoms with van der Waals surface area (Å²) in [6, 6.07) is 4.22.